The summed E-state index contributed by atoms with van der Waals surface area (Å²) >= 11 is 0. The van der Waals surface area contributed by atoms with Gasteiger partial charge in [-0.2, -0.15) is 5.26 Å². The number of rotatable bonds is 9. The molecule has 0 saturated carbocycles. The minimum Gasteiger partial charge on any atom is -0.448 e. The first-order valence-corrected chi connectivity index (χ1v) is 10.1. The van der Waals surface area contributed by atoms with Crippen molar-refractivity contribution >= 4 is 29.4 Å². The molecule has 8 heteroatoms. The fraction of sp³-hybridized carbons (Fsp3) is 0.333. The molecule has 1 amide bonds. The standard InChI is InChI=1S/C24H27N3O5/c1-15-12-20(16(2)27(15)10-11-31-5)13-21(14-25)24(30)32-18(4)23(29)26-22-8-6-19(7-9-22)17(3)28/h6-9,12-13,18H,10-11H2,1-5H3,(H,26,29)/b21-13+. The van der Waals surface area contributed by atoms with Gasteiger partial charge in [0.2, 0.25) is 0 Å². The molecule has 1 unspecified atom stereocenters. The molecule has 0 aliphatic heterocycles. The summed E-state index contributed by atoms with van der Waals surface area (Å²) in [4.78, 5) is 36.2. The van der Waals surface area contributed by atoms with Crippen molar-refractivity contribution < 1.29 is 23.9 Å². The van der Waals surface area contributed by atoms with E-state index in [0.29, 0.717) is 24.4 Å². The van der Waals surface area contributed by atoms with E-state index in [9.17, 15) is 19.6 Å². The predicted molar refractivity (Wildman–Crippen MR) is 120 cm³/mol. The Morgan fingerprint density at radius 3 is 2.44 bits per heavy atom. The van der Waals surface area contributed by atoms with Crippen LogP contribution < -0.4 is 5.32 Å². The molecule has 0 aliphatic rings. The van der Waals surface area contributed by atoms with Gasteiger partial charge in [0, 0.05) is 36.3 Å². The number of nitrogens with one attached hydrogen (secondary N) is 1. The number of ether oxygens (including phenoxy) is 2. The average Bonchev–Trinajstić information content (AvgIpc) is 3.02. The van der Waals surface area contributed by atoms with Gasteiger partial charge in [0.25, 0.3) is 5.91 Å². The molecule has 2 aromatic rings. The third-order valence-corrected chi connectivity index (χ3v) is 4.98. The number of methoxy groups -OCH3 is 1. The summed E-state index contributed by atoms with van der Waals surface area (Å²) in [5.74, 6) is -1.52. The minimum absolute atomic E-state index is 0.0829. The summed E-state index contributed by atoms with van der Waals surface area (Å²) in [6, 6.07) is 10.1. The maximum Gasteiger partial charge on any atom is 0.349 e. The van der Waals surface area contributed by atoms with Crippen LogP contribution in [0.25, 0.3) is 6.08 Å². The number of anilines is 1. The Morgan fingerprint density at radius 2 is 1.88 bits per heavy atom. The lowest BCUT2D eigenvalue weighted by Gasteiger charge is -2.13. The zero-order chi connectivity index (χ0) is 23.8. The molecule has 0 radical (unpaired) electrons. The van der Waals surface area contributed by atoms with Crippen molar-refractivity contribution in [3.05, 3.63) is 58.4 Å². The fourth-order valence-electron chi connectivity index (χ4n) is 3.10. The Kier molecular flexibility index (Phi) is 8.50. The van der Waals surface area contributed by atoms with Crippen molar-refractivity contribution in [2.75, 3.05) is 19.0 Å². The van der Waals surface area contributed by atoms with E-state index in [0.717, 1.165) is 17.0 Å². The molecular formula is C24H27N3O5. The highest BCUT2D eigenvalue weighted by Crippen LogP contribution is 2.19. The molecule has 32 heavy (non-hydrogen) atoms. The quantitative estimate of drug-likeness (QED) is 0.278. The number of ketones is 1. The van der Waals surface area contributed by atoms with Gasteiger partial charge in [0.1, 0.15) is 11.6 Å². The molecule has 0 aliphatic carbocycles. The first-order valence-electron chi connectivity index (χ1n) is 10.1. The zero-order valence-electron chi connectivity index (χ0n) is 18.9. The van der Waals surface area contributed by atoms with Gasteiger partial charge in [-0.25, -0.2) is 4.79 Å². The van der Waals surface area contributed by atoms with E-state index in [2.05, 4.69) is 5.32 Å². The lowest BCUT2D eigenvalue weighted by Crippen LogP contribution is -2.30. The molecule has 1 aromatic heterocycles. The van der Waals surface area contributed by atoms with Crippen LogP contribution in [-0.2, 0) is 25.6 Å². The Balaban J connectivity index is 2.08. The van der Waals surface area contributed by atoms with Crippen LogP contribution in [0.15, 0.2) is 35.9 Å². The normalized spacial score (nSPS) is 12.1. The van der Waals surface area contributed by atoms with E-state index in [4.69, 9.17) is 9.47 Å². The first kappa shape index (κ1) is 24.6. The molecule has 1 atom stereocenters. The van der Waals surface area contributed by atoms with Crippen molar-refractivity contribution in [2.45, 2.75) is 40.3 Å². The number of aromatic nitrogens is 1. The van der Waals surface area contributed by atoms with E-state index in [1.54, 1.807) is 31.4 Å². The number of benzene rings is 1. The summed E-state index contributed by atoms with van der Waals surface area (Å²) in [7, 11) is 1.62. The van der Waals surface area contributed by atoms with E-state index in [-0.39, 0.29) is 11.4 Å². The van der Waals surface area contributed by atoms with Crippen LogP contribution in [0, 0.1) is 25.2 Å². The van der Waals surface area contributed by atoms with Gasteiger partial charge in [-0.3, -0.25) is 9.59 Å². The molecule has 1 N–H and O–H groups in total. The number of carbonyl (C=O) groups excluding carboxylic acids is 3. The third-order valence-electron chi connectivity index (χ3n) is 4.98. The Morgan fingerprint density at radius 1 is 1.22 bits per heavy atom. The number of hydrogen-bond donors (Lipinski definition) is 1. The highest BCUT2D eigenvalue weighted by Gasteiger charge is 2.21. The van der Waals surface area contributed by atoms with Gasteiger partial charge in [-0.05, 0) is 69.7 Å². The van der Waals surface area contributed by atoms with Gasteiger partial charge in [0.05, 0.1) is 6.61 Å². The first-order chi connectivity index (χ1) is 15.2. The largest absolute Gasteiger partial charge is 0.448 e. The highest BCUT2D eigenvalue weighted by molar-refractivity contribution is 6.01. The van der Waals surface area contributed by atoms with Crippen LogP contribution in [0.2, 0.25) is 0 Å². The van der Waals surface area contributed by atoms with Crippen molar-refractivity contribution in [1.82, 2.24) is 4.57 Å². The minimum atomic E-state index is -1.12. The Bertz CT molecular complexity index is 1070. The number of Topliss-reactive ketones (excluding diaryl/α,β-unsaturated/α-hetero) is 1. The summed E-state index contributed by atoms with van der Waals surface area (Å²) in [6.45, 7) is 7.88. The summed E-state index contributed by atoms with van der Waals surface area (Å²) in [6.07, 6.45) is 0.333. The molecule has 0 fully saturated rings. The van der Waals surface area contributed by atoms with Crippen molar-refractivity contribution in [3.8, 4) is 6.07 Å². The predicted octanol–water partition coefficient (Wildman–Crippen LogP) is 3.43. The lowest BCUT2D eigenvalue weighted by atomic mass is 10.1. The fourth-order valence-corrected chi connectivity index (χ4v) is 3.10. The van der Waals surface area contributed by atoms with Gasteiger partial charge in [-0.15, -0.1) is 0 Å². The topological polar surface area (TPSA) is 110 Å². The number of nitrogens with zero attached hydrogens (tertiary/aromatic N) is 2. The van der Waals surface area contributed by atoms with Crippen LogP contribution >= 0.6 is 0 Å². The monoisotopic (exact) mass is 437 g/mol. The summed E-state index contributed by atoms with van der Waals surface area (Å²) in [5.41, 5.74) is 3.35. The van der Waals surface area contributed by atoms with E-state index in [1.807, 2.05) is 30.6 Å². The zero-order valence-corrected chi connectivity index (χ0v) is 18.9. The van der Waals surface area contributed by atoms with Crippen LogP contribution in [-0.4, -0.2) is 42.0 Å². The van der Waals surface area contributed by atoms with Gasteiger partial charge in [0.15, 0.2) is 11.9 Å². The van der Waals surface area contributed by atoms with Crippen molar-refractivity contribution in [2.24, 2.45) is 0 Å². The number of aryl methyl sites for hydroxylation is 1. The summed E-state index contributed by atoms with van der Waals surface area (Å²) in [5, 5.41) is 12.1. The Hall–Kier alpha value is -3.70. The smallest absolute Gasteiger partial charge is 0.349 e. The summed E-state index contributed by atoms with van der Waals surface area (Å²) < 4.78 is 12.3. The maximum atomic E-state index is 12.5. The van der Waals surface area contributed by atoms with Gasteiger partial charge in [-0.1, -0.05) is 0 Å². The molecular weight excluding hydrogens is 410 g/mol. The number of amides is 1. The van der Waals surface area contributed by atoms with Crippen LogP contribution in [0.4, 0.5) is 5.69 Å². The molecule has 0 bridgehead atoms. The SMILES string of the molecule is COCCn1c(C)cc(/C=C(\C#N)C(=O)OC(C)C(=O)Nc2ccc(C(C)=O)cc2)c1C. The van der Waals surface area contributed by atoms with Gasteiger partial charge < -0.3 is 19.4 Å². The molecule has 2 rings (SSSR count). The highest BCUT2D eigenvalue weighted by atomic mass is 16.5. The van der Waals surface area contributed by atoms with Crippen LogP contribution in [0.3, 0.4) is 0 Å². The molecule has 0 saturated heterocycles. The average molecular weight is 437 g/mol. The Labute approximate surface area is 187 Å². The second-order valence-electron chi connectivity index (χ2n) is 7.31. The molecule has 0 spiro atoms. The molecule has 1 aromatic carbocycles. The van der Waals surface area contributed by atoms with E-state index >= 15 is 0 Å². The molecule has 168 valence electrons. The number of hydrogen-bond acceptors (Lipinski definition) is 6. The lowest BCUT2D eigenvalue weighted by molar-refractivity contribution is -0.148. The van der Waals surface area contributed by atoms with Crippen molar-refractivity contribution in [3.63, 3.8) is 0 Å². The molecule has 8 nitrogen and oxygen atoms in total. The van der Waals surface area contributed by atoms with Gasteiger partial charge >= 0.3 is 5.97 Å². The number of nitriles is 1. The van der Waals surface area contributed by atoms with Crippen molar-refractivity contribution in [1.29, 1.82) is 5.26 Å². The van der Waals surface area contributed by atoms with E-state index < -0.39 is 18.0 Å². The third kappa shape index (κ3) is 6.15. The number of carbonyl (C=O) groups is 3. The van der Waals surface area contributed by atoms with E-state index in [1.165, 1.54) is 19.9 Å². The number of esters is 1. The molecule has 1 heterocycles. The second kappa shape index (κ2) is 11.1. The maximum absolute atomic E-state index is 12.5. The van der Waals surface area contributed by atoms with Crippen LogP contribution in [0.5, 0.6) is 0 Å². The second-order valence-corrected chi connectivity index (χ2v) is 7.31. The van der Waals surface area contributed by atoms with Crippen LogP contribution in [0.1, 0.15) is 41.2 Å².